The molecule has 0 radical (unpaired) electrons. The van der Waals surface area contributed by atoms with Gasteiger partial charge in [0.2, 0.25) is 6.79 Å². The van der Waals surface area contributed by atoms with E-state index in [9.17, 15) is 14.7 Å². The number of phenols is 1. The summed E-state index contributed by atoms with van der Waals surface area (Å²) in [5, 5.41) is 16.8. The molecular weight excluding hydrogens is 470 g/mol. The Labute approximate surface area is 187 Å². The molecule has 9 nitrogen and oxygen atoms in total. The van der Waals surface area contributed by atoms with Crippen LogP contribution in [0.15, 0.2) is 39.9 Å². The van der Waals surface area contributed by atoms with Gasteiger partial charge in [0.25, 0.3) is 11.8 Å². The van der Waals surface area contributed by atoms with Crippen molar-refractivity contribution in [3.05, 3.63) is 45.9 Å². The first kappa shape index (κ1) is 22.4. The Hall–Kier alpha value is -3.27. The molecule has 1 unspecified atom stereocenters. The summed E-state index contributed by atoms with van der Waals surface area (Å²) in [5.74, 6) is 0.0711. The molecule has 0 saturated carbocycles. The molecule has 2 amide bonds. The van der Waals surface area contributed by atoms with E-state index < -0.39 is 17.9 Å². The minimum absolute atomic E-state index is 0.106. The van der Waals surface area contributed by atoms with E-state index in [0.717, 1.165) is 0 Å². The number of aromatic hydroxyl groups is 1. The summed E-state index contributed by atoms with van der Waals surface area (Å²) in [4.78, 5) is 25.3. The molecule has 0 bridgehead atoms. The fourth-order valence-corrected chi connectivity index (χ4v) is 3.34. The number of hydrazone groups is 1. The van der Waals surface area contributed by atoms with Gasteiger partial charge in [0.05, 0.1) is 13.3 Å². The van der Waals surface area contributed by atoms with Crippen LogP contribution in [-0.2, 0) is 4.79 Å². The maximum atomic E-state index is 12.6. The maximum absolute atomic E-state index is 12.6. The van der Waals surface area contributed by atoms with Crippen LogP contribution in [0.1, 0.15) is 29.8 Å². The number of ether oxygens (including phenoxy) is 3. The van der Waals surface area contributed by atoms with E-state index in [0.29, 0.717) is 27.1 Å². The van der Waals surface area contributed by atoms with Crippen LogP contribution in [0.25, 0.3) is 0 Å². The molecule has 0 fully saturated rings. The minimum atomic E-state index is -0.833. The predicted molar refractivity (Wildman–Crippen MR) is 117 cm³/mol. The van der Waals surface area contributed by atoms with Gasteiger partial charge in [-0.25, -0.2) is 5.43 Å². The number of fused-ring (bicyclic) bond motifs is 1. The van der Waals surface area contributed by atoms with Gasteiger partial charge in [0.1, 0.15) is 6.04 Å². The van der Waals surface area contributed by atoms with Gasteiger partial charge in [-0.3, -0.25) is 9.59 Å². The van der Waals surface area contributed by atoms with E-state index in [-0.39, 0.29) is 24.2 Å². The molecule has 164 valence electrons. The second-order valence-corrected chi connectivity index (χ2v) is 7.96. The standard InChI is InChI=1S/C21H22BrN3O6/c1-11(2)18(24-20(27)12-4-5-15-16(7-12)31-10-30-15)21(28)25-23-9-13-6-14(22)8-17(29-3)19(13)26/h4-9,11,18,26H,10H2,1-3H3,(H,24,27)(H,25,28)/b23-9+. The highest BCUT2D eigenvalue weighted by Crippen LogP contribution is 2.33. The van der Waals surface area contributed by atoms with E-state index in [1.807, 2.05) is 0 Å². The minimum Gasteiger partial charge on any atom is -0.504 e. The van der Waals surface area contributed by atoms with Crippen LogP contribution in [0, 0.1) is 5.92 Å². The molecule has 2 aromatic rings. The van der Waals surface area contributed by atoms with Gasteiger partial charge in [0.15, 0.2) is 23.0 Å². The van der Waals surface area contributed by atoms with E-state index in [1.165, 1.54) is 13.3 Å². The first-order chi connectivity index (χ1) is 14.8. The zero-order chi connectivity index (χ0) is 22.5. The number of amides is 2. The zero-order valence-electron chi connectivity index (χ0n) is 17.1. The second kappa shape index (κ2) is 9.69. The summed E-state index contributed by atoms with van der Waals surface area (Å²) < 4.78 is 16.3. The van der Waals surface area contributed by atoms with Gasteiger partial charge in [-0.2, -0.15) is 5.10 Å². The van der Waals surface area contributed by atoms with Crippen LogP contribution in [0.4, 0.5) is 0 Å². The quantitative estimate of drug-likeness (QED) is 0.404. The number of methoxy groups -OCH3 is 1. The summed E-state index contributed by atoms with van der Waals surface area (Å²) in [6, 6.07) is 7.19. The fraction of sp³-hybridized carbons (Fsp3) is 0.286. The van der Waals surface area contributed by atoms with Crippen LogP contribution >= 0.6 is 15.9 Å². The van der Waals surface area contributed by atoms with Gasteiger partial charge >= 0.3 is 0 Å². The third-order valence-electron chi connectivity index (χ3n) is 4.54. The summed E-state index contributed by atoms with van der Waals surface area (Å²) >= 11 is 3.31. The third-order valence-corrected chi connectivity index (χ3v) is 5.00. The van der Waals surface area contributed by atoms with Gasteiger partial charge in [0, 0.05) is 15.6 Å². The predicted octanol–water partition coefficient (Wildman–Crippen LogP) is 2.80. The Morgan fingerprint density at radius 2 is 1.97 bits per heavy atom. The highest BCUT2D eigenvalue weighted by Gasteiger charge is 2.25. The molecule has 0 aromatic heterocycles. The van der Waals surface area contributed by atoms with Crippen LogP contribution in [-0.4, -0.2) is 43.1 Å². The fourth-order valence-electron chi connectivity index (χ4n) is 2.88. The van der Waals surface area contributed by atoms with E-state index >= 15 is 0 Å². The Bertz CT molecular complexity index is 1020. The highest BCUT2D eigenvalue weighted by molar-refractivity contribution is 9.10. The molecule has 1 heterocycles. The number of hydrogen-bond donors (Lipinski definition) is 3. The number of halogens is 1. The second-order valence-electron chi connectivity index (χ2n) is 7.04. The lowest BCUT2D eigenvalue weighted by Gasteiger charge is -2.20. The molecule has 31 heavy (non-hydrogen) atoms. The Morgan fingerprint density at radius 1 is 1.23 bits per heavy atom. The topological polar surface area (TPSA) is 118 Å². The molecule has 2 aromatic carbocycles. The lowest BCUT2D eigenvalue weighted by molar-refractivity contribution is -0.123. The molecule has 3 N–H and O–H groups in total. The van der Waals surface area contributed by atoms with Crippen LogP contribution in [0.2, 0.25) is 0 Å². The van der Waals surface area contributed by atoms with E-state index in [4.69, 9.17) is 14.2 Å². The number of carbonyl (C=O) groups is 2. The SMILES string of the molecule is COc1cc(Br)cc(/C=N/NC(=O)C(NC(=O)c2ccc3c(c2)OCO3)C(C)C)c1O. The van der Waals surface area contributed by atoms with Crippen LogP contribution in [0.5, 0.6) is 23.0 Å². The van der Waals surface area contributed by atoms with Crippen molar-refractivity contribution in [1.82, 2.24) is 10.7 Å². The van der Waals surface area contributed by atoms with E-state index in [1.54, 1.807) is 44.2 Å². The normalized spacial score (nSPS) is 13.3. The van der Waals surface area contributed by atoms with Crippen LogP contribution < -0.4 is 25.0 Å². The summed E-state index contributed by atoms with van der Waals surface area (Å²) in [6.07, 6.45) is 1.29. The number of nitrogens with one attached hydrogen (secondary N) is 2. The number of hydrogen-bond acceptors (Lipinski definition) is 7. The highest BCUT2D eigenvalue weighted by atomic mass is 79.9. The number of nitrogens with zero attached hydrogens (tertiary/aromatic N) is 1. The number of rotatable bonds is 7. The summed E-state index contributed by atoms with van der Waals surface area (Å²) in [5.41, 5.74) is 3.09. The van der Waals surface area contributed by atoms with Gasteiger partial charge in [-0.05, 0) is 36.2 Å². The number of carbonyl (C=O) groups excluding carboxylic acids is 2. The lowest BCUT2D eigenvalue weighted by atomic mass is 10.0. The average Bonchev–Trinajstić information content (AvgIpc) is 3.21. The molecular formula is C21H22BrN3O6. The van der Waals surface area contributed by atoms with Crippen molar-refractivity contribution in [2.24, 2.45) is 11.0 Å². The lowest BCUT2D eigenvalue weighted by Crippen LogP contribution is -2.48. The van der Waals surface area contributed by atoms with Gasteiger partial charge < -0.3 is 24.6 Å². The van der Waals surface area contributed by atoms with E-state index in [2.05, 4.69) is 31.8 Å². The summed E-state index contributed by atoms with van der Waals surface area (Å²) in [6.45, 7) is 3.71. The number of benzene rings is 2. The van der Waals surface area contributed by atoms with Crippen molar-refractivity contribution in [2.75, 3.05) is 13.9 Å². The molecule has 1 atom stereocenters. The van der Waals surface area contributed by atoms with Crippen molar-refractivity contribution >= 4 is 34.0 Å². The largest absolute Gasteiger partial charge is 0.504 e. The Balaban J connectivity index is 1.68. The molecule has 0 saturated heterocycles. The first-order valence-electron chi connectivity index (χ1n) is 9.40. The maximum Gasteiger partial charge on any atom is 0.262 e. The third kappa shape index (κ3) is 5.26. The van der Waals surface area contributed by atoms with Crippen molar-refractivity contribution < 1.29 is 28.9 Å². The Morgan fingerprint density at radius 3 is 2.68 bits per heavy atom. The average molecular weight is 492 g/mol. The molecule has 1 aliphatic heterocycles. The summed E-state index contributed by atoms with van der Waals surface area (Å²) in [7, 11) is 1.43. The van der Waals surface area contributed by atoms with Crippen molar-refractivity contribution in [3.8, 4) is 23.0 Å². The molecule has 3 rings (SSSR count). The molecule has 0 aliphatic carbocycles. The molecule has 1 aliphatic rings. The molecule has 0 spiro atoms. The Kier molecular flexibility index (Phi) is 7.01. The van der Waals surface area contributed by atoms with Gasteiger partial charge in [-0.1, -0.05) is 29.8 Å². The smallest absolute Gasteiger partial charge is 0.262 e. The van der Waals surface area contributed by atoms with Crippen molar-refractivity contribution in [2.45, 2.75) is 19.9 Å². The van der Waals surface area contributed by atoms with Gasteiger partial charge in [-0.15, -0.1) is 0 Å². The molecule has 10 heteroatoms. The van der Waals surface area contributed by atoms with Crippen molar-refractivity contribution in [3.63, 3.8) is 0 Å². The monoisotopic (exact) mass is 491 g/mol. The zero-order valence-corrected chi connectivity index (χ0v) is 18.7. The first-order valence-corrected chi connectivity index (χ1v) is 10.2. The number of phenolic OH excluding ortho intramolecular Hbond substituents is 1. The van der Waals surface area contributed by atoms with Crippen LogP contribution in [0.3, 0.4) is 0 Å². The van der Waals surface area contributed by atoms with Crippen molar-refractivity contribution in [1.29, 1.82) is 0 Å².